The predicted octanol–water partition coefficient (Wildman–Crippen LogP) is 3.63. The molecule has 4 heteroatoms. The molecule has 1 saturated carbocycles. The first-order valence-corrected chi connectivity index (χ1v) is 7.90. The average Bonchev–Trinajstić information content (AvgIpc) is 2.64. The van der Waals surface area contributed by atoms with Crippen LogP contribution < -0.4 is 0 Å². The van der Waals surface area contributed by atoms with Crippen LogP contribution in [0.1, 0.15) is 44.3 Å². The standard InChI is InChI=1S/C17H22N2O2/c20-17(21)12-19-15-10-6-5-9-14(15)18-16(19)11-13-7-3-1-2-4-8-13/h5-6,9-10,13H,1-4,7-8,11-12H2,(H,20,21). The second-order valence-corrected chi connectivity index (χ2v) is 6.06. The van der Waals surface area contributed by atoms with Crippen molar-refractivity contribution in [2.45, 2.75) is 51.5 Å². The van der Waals surface area contributed by atoms with Crippen molar-refractivity contribution in [2.24, 2.45) is 5.92 Å². The van der Waals surface area contributed by atoms with Crippen LogP contribution in [0, 0.1) is 5.92 Å². The van der Waals surface area contributed by atoms with Crippen LogP contribution in [0.2, 0.25) is 0 Å². The molecule has 1 aliphatic rings. The minimum absolute atomic E-state index is 0.00255. The van der Waals surface area contributed by atoms with Crippen LogP contribution in [0.15, 0.2) is 24.3 Å². The average molecular weight is 286 g/mol. The van der Waals surface area contributed by atoms with E-state index in [1.165, 1.54) is 38.5 Å². The van der Waals surface area contributed by atoms with Gasteiger partial charge in [-0.05, 0) is 18.1 Å². The summed E-state index contributed by atoms with van der Waals surface area (Å²) in [7, 11) is 0. The molecule has 1 fully saturated rings. The zero-order valence-electron chi connectivity index (χ0n) is 12.3. The lowest BCUT2D eigenvalue weighted by molar-refractivity contribution is -0.137. The molecule has 0 saturated heterocycles. The second kappa shape index (κ2) is 6.29. The molecule has 1 N–H and O–H groups in total. The lowest BCUT2D eigenvalue weighted by atomic mass is 9.96. The minimum Gasteiger partial charge on any atom is -0.480 e. The summed E-state index contributed by atoms with van der Waals surface area (Å²) in [6, 6.07) is 7.82. The monoisotopic (exact) mass is 286 g/mol. The van der Waals surface area contributed by atoms with Gasteiger partial charge in [0.15, 0.2) is 0 Å². The van der Waals surface area contributed by atoms with E-state index in [4.69, 9.17) is 4.98 Å². The Kier molecular flexibility index (Phi) is 4.23. The number of carboxylic acids is 1. The summed E-state index contributed by atoms with van der Waals surface area (Å²) < 4.78 is 1.88. The zero-order valence-corrected chi connectivity index (χ0v) is 12.3. The van der Waals surface area contributed by atoms with Gasteiger partial charge in [-0.15, -0.1) is 0 Å². The number of imidazole rings is 1. The zero-order chi connectivity index (χ0) is 14.7. The highest BCUT2D eigenvalue weighted by Gasteiger charge is 2.18. The number of nitrogens with zero attached hydrogens (tertiary/aromatic N) is 2. The molecule has 0 amide bonds. The molecule has 21 heavy (non-hydrogen) atoms. The fourth-order valence-corrected chi connectivity index (χ4v) is 3.42. The van der Waals surface area contributed by atoms with Crippen molar-refractivity contribution in [1.82, 2.24) is 9.55 Å². The molecule has 1 heterocycles. The summed E-state index contributed by atoms with van der Waals surface area (Å²) in [5.41, 5.74) is 1.84. The number of aliphatic carboxylic acids is 1. The highest BCUT2D eigenvalue weighted by Crippen LogP contribution is 2.27. The first-order valence-electron chi connectivity index (χ1n) is 7.90. The highest BCUT2D eigenvalue weighted by molar-refractivity contribution is 5.78. The van der Waals surface area contributed by atoms with E-state index in [-0.39, 0.29) is 6.54 Å². The van der Waals surface area contributed by atoms with Crippen molar-refractivity contribution in [3.05, 3.63) is 30.1 Å². The molecule has 0 unspecified atom stereocenters. The van der Waals surface area contributed by atoms with Crippen LogP contribution in [-0.4, -0.2) is 20.6 Å². The normalized spacial score (nSPS) is 17.0. The SMILES string of the molecule is O=C(O)Cn1c(CC2CCCCCC2)nc2ccccc21. The van der Waals surface area contributed by atoms with Gasteiger partial charge in [-0.2, -0.15) is 0 Å². The summed E-state index contributed by atoms with van der Waals surface area (Å²) in [6.45, 7) is 0.00255. The van der Waals surface area contributed by atoms with Crippen LogP contribution in [0.25, 0.3) is 11.0 Å². The molecular formula is C17H22N2O2. The van der Waals surface area contributed by atoms with Crippen molar-refractivity contribution in [2.75, 3.05) is 0 Å². The van der Waals surface area contributed by atoms with Crippen LogP contribution in [0.4, 0.5) is 0 Å². The molecule has 112 valence electrons. The second-order valence-electron chi connectivity index (χ2n) is 6.06. The van der Waals surface area contributed by atoms with Crippen LogP contribution in [0.5, 0.6) is 0 Å². The smallest absolute Gasteiger partial charge is 0.323 e. The van der Waals surface area contributed by atoms with E-state index in [0.29, 0.717) is 5.92 Å². The summed E-state index contributed by atoms with van der Waals surface area (Å²) in [5, 5.41) is 9.17. The maximum Gasteiger partial charge on any atom is 0.323 e. The Labute approximate surface area is 124 Å². The molecule has 3 rings (SSSR count). The number of aromatic nitrogens is 2. The van der Waals surface area contributed by atoms with E-state index in [0.717, 1.165) is 23.3 Å². The van der Waals surface area contributed by atoms with E-state index in [9.17, 15) is 9.90 Å². The quantitative estimate of drug-likeness (QED) is 0.873. The molecule has 0 atom stereocenters. The third-order valence-corrected chi connectivity index (χ3v) is 4.47. The van der Waals surface area contributed by atoms with Gasteiger partial charge in [0.1, 0.15) is 12.4 Å². The van der Waals surface area contributed by atoms with Crippen molar-refractivity contribution in [3.63, 3.8) is 0 Å². The van der Waals surface area contributed by atoms with Gasteiger partial charge in [-0.25, -0.2) is 4.98 Å². The maximum atomic E-state index is 11.2. The van der Waals surface area contributed by atoms with Crippen molar-refractivity contribution < 1.29 is 9.90 Å². The summed E-state index contributed by atoms with van der Waals surface area (Å²) in [4.78, 5) is 15.9. The van der Waals surface area contributed by atoms with E-state index in [1.807, 2.05) is 28.8 Å². The molecule has 0 bridgehead atoms. The Hall–Kier alpha value is -1.84. The van der Waals surface area contributed by atoms with Gasteiger partial charge in [0.25, 0.3) is 0 Å². The molecule has 0 radical (unpaired) electrons. The molecule has 4 nitrogen and oxygen atoms in total. The van der Waals surface area contributed by atoms with E-state index < -0.39 is 5.97 Å². The first-order chi connectivity index (χ1) is 10.2. The van der Waals surface area contributed by atoms with Gasteiger partial charge in [0.05, 0.1) is 11.0 Å². The number of carboxylic acid groups (broad SMARTS) is 1. The molecule has 1 aromatic carbocycles. The molecule has 2 aromatic rings. The number of rotatable bonds is 4. The number of fused-ring (bicyclic) bond motifs is 1. The largest absolute Gasteiger partial charge is 0.480 e. The van der Waals surface area contributed by atoms with Crippen LogP contribution in [0.3, 0.4) is 0 Å². The predicted molar refractivity (Wildman–Crippen MR) is 82.3 cm³/mol. The fraction of sp³-hybridized carbons (Fsp3) is 0.529. The number of benzene rings is 1. The molecule has 0 aliphatic heterocycles. The van der Waals surface area contributed by atoms with E-state index in [1.54, 1.807) is 0 Å². The third-order valence-electron chi connectivity index (χ3n) is 4.47. The van der Waals surface area contributed by atoms with Gasteiger partial charge in [-0.1, -0.05) is 50.7 Å². The molecule has 1 aliphatic carbocycles. The maximum absolute atomic E-state index is 11.2. The van der Waals surface area contributed by atoms with Crippen molar-refractivity contribution in [3.8, 4) is 0 Å². The number of hydrogen-bond acceptors (Lipinski definition) is 2. The van der Waals surface area contributed by atoms with Gasteiger partial charge in [0, 0.05) is 6.42 Å². The van der Waals surface area contributed by atoms with Gasteiger partial charge < -0.3 is 9.67 Å². The first kappa shape index (κ1) is 14.1. The number of hydrogen-bond donors (Lipinski definition) is 1. The van der Waals surface area contributed by atoms with E-state index in [2.05, 4.69) is 0 Å². The fourth-order valence-electron chi connectivity index (χ4n) is 3.42. The Morgan fingerprint density at radius 1 is 1.19 bits per heavy atom. The Balaban J connectivity index is 1.90. The molecular weight excluding hydrogens is 264 g/mol. The van der Waals surface area contributed by atoms with Crippen molar-refractivity contribution >= 4 is 17.0 Å². The Morgan fingerprint density at radius 2 is 1.90 bits per heavy atom. The topological polar surface area (TPSA) is 55.1 Å². The Bertz CT molecular complexity index is 625. The lowest BCUT2D eigenvalue weighted by Crippen LogP contribution is -2.15. The molecule has 0 spiro atoms. The van der Waals surface area contributed by atoms with Gasteiger partial charge in [0.2, 0.25) is 0 Å². The molecule has 1 aromatic heterocycles. The van der Waals surface area contributed by atoms with Crippen LogP contribution >= 0.6 is 0 Å². The highest BCUT2D eigenvalue weighted by atomic mass is 16.4. The van der Waals surface area contributed by atoms with E-state index >= 15 is 0 Å². The van der Waals surface area contributed by atoms with Gasteiger partial charge >= 0.3 is 5.97 Å². The summed E-state index contributed by atoms with van der Waals surface area (Å²) in [6.07, 6.45) is 8.66. The third kappa shape index (κ3) is 3.26. The Morgan fingerprint density at radius 3 is 2.62 bits per heavy atom. The van der Waals surface area contributed by atoms with Crippen LogP contribution in [-0.2, 0) is 17.8 Å². The number of para-hydroxylation sites is 2. The number of carbonyl (C=O) groups is 1. The summed E-state index contributed by atoms with van der Waals surface area (Å²) >= 11 is 0. The minimum atomic E-state index is -0.805. The van der Waals surface area contributed by atoms with Crippen molar-refractivity contribution in [1.29, 1.82) is 0 Å². The van der Waals surface area contributed by atoms with Gasteiger partial charge in [-0.3, -0.25) is 4.79 Å². The summed E-state index contributed by atoms with van der Waals surface area (Å²) in [5.74, 6) is 0.780. The lowest BCUT2D eigenvalue weighted by Gasteiger charge is -2.14.